The Bertz CT molecular complexity index is 535. The van der Waals surface area contributed by atoms with Gasteiger partial charge in [-0.25, -0.2) is 0 Å². The SMILES string of the molecule is Cc1cc(Br)cc(C)c1NCc1cc(Br)c(Br)o1. The highest BCUT2D eigenvalue weighted by atomic mass is 79.9. The standard InChI is InChI=1S/C13H12Br3NO/c1-7-3-9(14)4-8(2)12(7)17-6-10-5-11(15)13(16)18-10/h3-5,17H,6H2,1-2H3. The summed E-state index contributed by atoms with van der Waals surface area (Å²) in [6.45, 7) is 4.84. The van der Waals surface area contributed by atoms with Crippen molar-refractivity contribution in [1.82, 2.24) is 0 Å². The van der Waals surface area contributed by atoms with Crippen LogP contribution in [0.3, 0.4) is 0 Å². The number of anilines is 1. The molecule has 1 aromatic heterocycles. The first-order valence-electron chi connectivity index (χ1n) is 5.41. The Morgan fingerprint density at radius 3 is 2.17 bits per heavy atom. The van der Waals surface area contributed by atoms with Crippen LogP contribution in [0.25, 0.3) is 0 Å². The van der Waals surface area contributed by atoms with Gasteiger partial charge < -0.3 is 9.73 Å². The molecule has 2 nitrogen and oxygen atoms in total. The summed E-state index contributed by atoms with van der Waals surface area (Å²) in [5, 5.41) is 3.41. The van der Waals surface area contributed by atoms with Crippen LogP contribution in [-0.4, -0.2) is 0 Å². The first-order chi connectivity index (χ1) is 8.47. The fourth-order valence-corrected chi connectivity index (χ4v) is 3.19. The third-order valence-electron chi connectivity index (χ3n) is 2.63. The summed E-state index contributed by atoms with van der Waals surface area (Å²) in [6, 6.07) is 6.16. The molecule has 1 aromatic carbocycles. The molecule has 0 spiro atoms. The molecule has 0 aliphatic rings. The number of halogens is 3. The Morgan fingerprint density at radius 1 is 1.06 bits per heavy atom. The molecule has 0 radical (unpaired) electrons. The predicted octanol–water partition coefficient (Wildman–Crippen LogP) is 5.80. The lowest BCUT2D eigenvalue weighted by atomic mass is 10.1. The van der Waals surface area contributed by atoms with E-state index in [0.29, 0.717) is 6.54 Å². The van der Waals surface area contributed by atoms with Gasteiger partial charge in [0, 0.05) is 10.2 Å². The monoisotopic (exact) mass is 435 g/mol. The molecule has 2 aromatic rings. The molecule has 5 heteroatoms. The molecule has 0 saturated heterocycles. The molecule has 18 heavy (non-hydrogen) atoms. The van der Waals surface area contributed by atoms with Crippen molar-refractivity contribution < 1.29 is 4.42 Å². The Hall–Kier alpha value is -0.260. The Kier molecular flexibility index (Phi) is 4.56. The number of nitrogens with one attached hydrogen (secondary N) is 1. The maximum atomic E-state index is 5.54. The van der Waals surface area contributed by atoms with Gasteiger partial charge in [0.1, 0.15) is 5.76 Å². The van der Waals surface area contributed by atoms with Crippen molar-refractivity contribution in [3.8, 4) is 0 Å². The van der Waals surface area contributed by atoms with Crippen LogP contribution in [-0.2, 0) is 6.54 Å². The lowest BCUT2D eigenvalue weighted by Gasteiger charge is -2.12. The highest BCUT2D eigenvalue weighted by molar-refractivity contribution is 9.13. The molecule has 1 N–H and O–H groups in total. The summed E-state index contributed by atoms with van der Waals surface area (Å²) in [5.41, 5.74) is 3.58. The molecular weight excluding hydrogens is 426 g/mol. The van der Waals surface area contributed by atoms with E-state index in [9.17, 15) is 0 Å². The van der Waals surface area contributed by atoms with Crippen LogP contribution >= 0.6 is 47.8 Å². The van der Waals surface area contributed by atoms with Crippen molar-refractivity contribution in [3.05, 3.63) is 48.7 Å². The van der Waals surface area contributed by atoms with Crippen molar-refractivity contribution in [3.63, 3.8) is 0 Å². The van der Waals surface area contributed by atoms with Crippen molar-refractivity contribution in [1.29, 1.82) is 0 Å². The second-order valence-electron chi connectivity index (χ2n) is 4.10. The molecule has 0 aliphatic heterocycles. The number of rotatable bonds is 3. The molecule has 1 heterocycles. The number of aryl methyl sites for hydroxylation is 2. The van der Waals surface area contributed by atoms with Crippen molar-refractivity contribution in [2.75, 3.05) is 5.32 Å². The fourth-order valence-electron chi connectivity index (χ4n) is 1.84. The van der Waals surface area contributed by atoms with E-state index in [1.54, 1.807) is 0 Å². The van der Waals surface area contributed by atoms with Gasteiger partial charge in [0.15, 0.2) is 4.67 Å². The zero-order valence-electron chi connectivity index (χ0n) is 9.98. The van der Waals surface area contributed by atoms with Gasteiger partial charge in [-0.15, -0.1) is 0 Å². The molecule has 96 valence electrons. The summed E-state index contributed by atoms with van der Waals surface area (Å²) < 4.78 is 8.30. The highest BCUT2D eigenvalue weighted by Crippen LogP contribution is 2.29. The third-order valence-corrected chi connectivity index (χ3v) is 4.80. The van der Waals surface area contributed by atoms with Crippen LogP contribution < -0.4 is 5.32 Å². The van der Waals surface area contributed by atoms with E-state index in [0.717, 1.165) is 25.1 Å². The van der Waals surface area contributed by atoms with Gasteiger partial charge in [0.2, 0.25) is 0 Å². The van der Waals surface area contributed by atoms with Crippen LogP contribution in [0.1, 0.15) is 16.9 Å². The van der Waals surface area contributed by atoms with E-state index in [1.807, 2.05) is 6.07 Å². The van der Waals surface area contributed by atoms with Gasteiger partial charge in [-0.2, -0.15) is 0 Å². The zero-order valence-corrected chi connectivity index (χ0v) is 14.7. The normalized spacial score (nSPS) is 10.7. The largest absolute Gasteiger partial charge is 0.451 e. The number of hydrogen-bond donors (Lipinski definition) is 1. The number of benzene rings is 1. The minimum absolute atomic E-state index is 0.660. The zero-order chi connectivity index (χ0) is 13.3. The molecule has 0 aliphatic carbocycles. The van der Waals surface area contributed by atoms with E-state index in [-0.39, 0.29) is 0 Å². The third kappa shape index (κ3) is 3.19. The highest BCUT2D eigenvalue weighted by Gasteiger charge is 2.08. The Morgan fingerprint density at radius 2 is 1.67 bits per heavy atom. The Labute approximate surface area is 132 Å². The van der Waals surface area contributed by atoms with E-state index in [4.69, 9.17) is 4.42 Å². The maximum Gasteiger partial charge on any atom is 0.183 e. The first kappa shape index (κ1) is 14.2. The van der Waals surface area contributed by atoms with Gasteiger partial charge >= 0.3 is 0 Å². The van der Waals surface area contributed by atoms with E-state index in [2.05, 4.69) is 79.1 Å². The number of furan rings is 1. The van der Waals surface area contributed by atoms with E-state index >= 15 is 0 Å². The topological polar surface area (TPSA) is 25.2 Å². The molecular formula is C13H12Br3NO. The molecule has 2 rings (SSSR count). The summed E-state index contributed by atoms with van der Waals surface area (Å²) >= 11 is 10.2. The maximum absolute atomic E-state index is 5.54. The summed E-state index contributed by atoms with van der Waals surface area (Å²) in [5.74, 6) is 0.885. The quantitative estimate of drug-likeness (QED) is 0.656. The first-order valence-corrected chi connectivity index (χ1v) is 7.79. The summed E-state index contributed by atoms with van der Waals surface area (Å²) in [7, 11) is 0. The predicted molar refractivity (Wildman–Crippen MR) is 85.1 cm³/mol. The van der Waals surface area contributed by atoms with Gasteiger partial charge in [0.05, 0.1) is 11.0 Å². The summed E-state index contributed by atoms with van der Waals surface area (Å²) in [4.78, 5) is 0. The van der Waals surface area contributed by atoms with Crippen LogP contribution in [0.5, 0.6) is 0 Å². The van der Waals surface area contributed by atoms with Crippen LogP contribution in [0.4, 0.5) is 5.69 Å². The van der Waals surface area contributed by atoms with Crippen molar-refractivity contribution >= 4 is 53.5 Å². The fraction of sp³-hybridized carbons (Fsp3) is 0.231. The Balaban J connectivity index is 2.15. The van der Waals surface area contributed by atoms with E-state index in [1.165, 1.54) is 11.1 Å². The minimum Gasteiger partial charge on any atom is -0.451 e. The smallest absolute Gasteiger partial charge is 0.183 e. The molecule has 0 fully saturated rings. The molecule has 0 bridgehead atoms. The summed E-state index contributed by atoms with van der Waals surface area (Å²) in [6.07, 6.45) is 0. The van der Waals surface area contributed by atoms with Gasteiger partial charge in [-0.1, -0.05) is 15.9 Å². The van der Waals surface area contributed by atoms with Crippen LogP contribution in [0, 0.1) is 13.8 Å². The number of hydrogen-bond acceptors (Lipinski definition) is 2. The lowest BCUT2D eigenvalue weighted by molar-refractivity contribution is 0.494. The molecule has 0 atom stereocenters. The molecule has 0 saturated carbocycles. The second-order valence-corrected chi connectivity index (χ2v) is 6.59. The van der Waals surface area contributed by atoms with E-state index < -0.39 is 0 Å². The van der Waals surface area contributed by atoms with Gasteiger partial charge in [-0.3, -0.25) is 0 Å². The lowest BCUT2D eigenvalue weighted by Crippen LogP contribution is -2.02. The minimum atomic E-state index is 0.660. The molecule has 0 unspecified atom stereocenters. The van der Waals surface area contributed by atoms with Crippen LogP contribution in [0.2, 0.25) is 0 Å². The van der Waals surface area contributed by atoms with Gasteiger partial charge in [0.25, 0.3) is 0 Å². The average molecular weight is 438 g/mol. The van der Waals surface area contributed by atoms with Gasteiger partial charge in [-0.05, 0) is 75.0 Å². The van der Waals surface area contributed by atoms with Crippen molar-refractivity contribution in [2.45, 2.75) is 20.4 Å². The molecule has 0 amide bonds. The van der Waals surface area contributed by atoms with Crippen molar-refractivity contribution in [2.24, 2.45) is 0 Å². The average Bonchev–Trinajstić information content (AvgIpc) is 2.56. The second kappa shape index (κ2) is 5.80. The van der Waals surface area contributed by atoms with Crippen LogP contribution in [0.15, 0.2) is 36.2 Å².